The van der Waals surface area contributed by atoms with Gasteiger partial charge in [-0.3, -0.25) is 4.79 Å². The zero-order chi connectivity index (χ0) is 18.0. The maximum Gasteiger partial charge on any atom is 0.257 e. The van der Waals surface area contributed by atoms with Crippen LogP contribution < -0.4 is 0 Å². The average molecular weight is 337 g/mol. The molecule has 5 heteroatoms. The molecule has 4 nitrogen and oxygen atoms in total. The molecule has 1 amide bonds. The number of carbonyl (C=O) groups is 1. The number of benzene rings is 2. The van der Waals surface area contributed by atoms with Crippen LogP contribution in [-0.2, 0) is 0 Å². The van der Waals surface area contributed by atoms with Crippen molar-refractivity contribution in [3.05, 3.63) is 83.4 Å². The van der Waals surface area contributed by atoms with Gasteiger partial charge in [0.2, 0.25) is 0 Å². The van der Waals surface area contributed by atoms with Gasteiger partial charge in [0.15, 0.2) is 0 Å². The van der Waals surface area contributed by atoms with Crippen LogP contribution in [0, 0.1) is 12.7 Å². The summed E-state index contributed by atoms with van der Waals surface area (Å²) in [6.07, 6.45) is 1.50. The number of nitrogens with zero attached hydrogens (tertiary/aromatic N) is 3. The van der Waals surface area contributed by atoms with Crippen LogP contribution in [-0.4, -0.2) is 27.6 Å². The van der Waals surface area contributed by atoms with Crippen molar-refractivity contribution in [3.8, 4) is 5.69 Å². The van der Waals surface area contributed by atoms with E-state index in [1.165, 1.54) is 16.9 Å². The Morgan fingerprint density at radius 1 is 1.12 bits per heavy atom. The number of halogens is 1. The highest BCUT2D eigenvalue weighted by atomic mass is 19.1. The van der Waals surface area contributed by atoms with Crippen LogP contribution in [0.2, 0.25) is 0 Å². The fraction of sp³-hybridized carbons (Fsp3) is 0.200. The van der Waals surface area contributed by atoms with Gasteiger partial charge in [0.1, 0.15) is 11.5 Å². The van der Waals surface area contributed by atoms with Crippen molar-refractivity contribution in [2.24, 2.45) is 0 Å². The first-order valence-corrected chi connectivity index (χ1v) is 8.12. The molecular formula is C20H20FN3O. The Hall–Kier alpha value is -2.95. The van der Waals surface area contributed by atoms with Crippen LogP contribution in [0.15, 0.2) is 60.8 Å². The lowest BCUT2D eigenvalue weighted by molar-refractivity contribution is 0.0742. The summed E-state index contributed by atoms with van der Waals surface area (Å²) in [6.45, 7) is 3.75. The number of hydrogen-bond acceptors (Lipinski definition) is 2. The molecule has 0 aliphatic carbocycles. The fourth-order valence-corrected chi connectivity index (χ4v) is 2.81. The summed E-state index contributed by atoms with van der Waals surface area (Å²) in [5.41, 5.74) is 2.46. The molecule has 128 valence electrons. The molecule has 0 saturated carbocycles. The second-order valence-electron chi connectivity index (χ2n) is 6.01. The van der Waals surface area contributed by atoms with Crippen molar-refractivity contribution in [1.29, 1.82) is 0 Å². The smallest absolute Gasteiger partial charge is 0.257 e. The molecule has 0 aliphatic rings. The zero-order valence-electron chi connectivity index (χ0n) is 14.5. The van der Waals surface area contributed by atoms with Crippen LogP contribution >= 0.6 is 0 Å². The van der Waals surface area contributed by atoms with Gasteiger partial charge >= 0.3 is 0 Å². The summed E-state index contributed by atoms with van der Waals surface area (Å²) >= 11 is 0. The quantitative estimate of drug-likeness (QED) is 0.717. The second kappa shape index (κ2) is 6.89. The van der Waals surface area contributed by atoms with Crippen molar-refractivity contribution in [3.63, 3.8) is 0 Å². The number of rotatable bonds is 4. The first-order valence-electron chi connectivity index (χ1n) is 8.12. The van der Waals surface area contributed by atoms with Gasteiger partial charge in [0.25, 0.3) is 5.91 Å². The van der Waals surface area contributed by atoms with Crippen LogP contribution in [0.3, 0.4) is 0 Å². The Bertz CT molecular complexity index is 889. The molecule has 0 aliphatic heterocycles. The number of para-hydroxylation sites is 1. The molecule has 0 bridgehead atoms. The average Bonchev–Trinajstić information content (AvgIpc) is 3.02. The molecule has 0 saturated heterocycles. The fourth-order valence-electron chi connectivity index (χ4n) is 2.81. The van der Waals surface area contributed by atoms with E-state index in [1.807, 2.05) is 37.3 Å². The Kier molecular flexibility index (Phi) is 4.65. The third-order valence-electron chi connectivity index (χ3n) is 4.50. The standard InChI is InChI=1S/C20H20FN3O/c1-14(16-9-5-4-6-10-16)23(3)20(25)17-13-22-24(15(17)2)19-12-8-7-11-18(19)21/h4-14H,1-3H3/t14-/m1/s1. The zero-order valence-corrected chi connectivity index (χ0v) is 14.5. The summed E-state index contributed by atoms with van der Waals surface area (Å²) < 4.78 is 15.5. The Morgan fingerprint density at radius 2 is 1.76 bits per heavy atom. The summed E-state index contributed by atoms with van der Waals surface area (Å²) in [6, 6.07) is 16.1. The van der Waals surface area contributed by atoms with Crippen molar-refractivity contribution in [1.82, 2.24) is 14.7 Å². The highest BCUT2D eigenvalue weighted by molar-refractivity contribution is 5.95. The molecular weight excluding hydrogens is 317 g/mol. The molecule has 1 atom stereocenters. The summed E-state index contributed by atoms with van der Waals surface area (Å²) in [5.74, 6) is -0.518. The van der Waals surface area contributed by atoms with Crippen molar-refractivity contribution in [2.45, 2.75) is 19.9 Å². The van der Waals surface area contributed by atoms with Gasteiger partial charge in [-0.2, -0.15) is 5.10 Å². The van der Waals surface area contributed by atoms with Gasteiger partial charge in [0.05, 0.1) is 23.5 Å². The van der Waals surface area contributed by atoms with E-state index < -0.39 is 0 Å². The maximum absolute atomic E-state index is 14.0. The topological polar surface area (TPSA) is 38.1 Å². The van der Waals surface area contributed by atoms with Gasteiger partial charge in [-0.1, -0.05) is 42.5 Å². The van der Waals surface area contributed by atoms with Crippen molar-refractivity contribution >= 4 is 5.91 Å². The number of aromatic nitrogens is 2. The monoisotopic (exact) mass is 337 g/mol. The SMILES string of the molecule is Cc1c(C(=O)N(C)[C@H](C)c2ccccc2)cnn1-c1ccccc1F. The lowest BCUT2D eigenvalue weighted by Gasteiger charge is -2.25. The molecule has 0 spiro atoms. The van der Waals surface area contributed by atoms with E-state index in [0.717, 1.165) is 5.56 Å². The van der Waals surface area contributed by atoms with Gasteiger partial charge in [-0.05, 0) is 31.5 Å². The third-order valence-corrected chi connectivity index (χ3v) is 4.50. The van der Waals surface area contributed by atoms with Crippen LogP contribution in [0.1, 0.15) is 34.6 Å². The maximum atomic E-state index is 14.0. The summed E-state index contributed by atoms with van der Waals surface area (Å²) in [4.78, 5) is 14.6. The van der Waals surface area contributed by atoms with E-state index in [0.29, 0.717) is 16.9 Å². The predicted octanol–water partition coefficient (Wildman–Crippen LogP) is 4.15. The molecule has 3 rings (SSSR count). The van der Waals surface area contributed by atoms with Gasteiger partial charge < -0.3 is 4.90 Å². The Morgan fingerprint density at radius 3 is 2.44 bits per heavy atom. The number of amides is 1. The molecule has 25 heavy (non-hydrogen) atoms. The van der Waals surface area contributed by atoms with E-state index in [2.05, 4.69) is 5.10 Å². The lowest BCUT2D eigenvalue weighted by Crippen LogP contribution is -2.30. The van der Waals surface area contributed by atoms with Crippen LogP contribution in [0.4, 0.5) is 4.39 Å². The van der Waals surface area contributed by atoms with Crippen molar-refractivity contribution in [2.75, 3.05) is 7.05 Å². The molecule has 1 heterocycles. The first-order chi connectivity index (χ1) is 12.0. The van der Waals surface area contributed by atoms with Gasteiger partial charge in [0, 0.05) is 7.05 Å². The molecule has 0 unspecified atom stereocenters. The summed E-state index contributed by atoms with van der Waals surface area (Å²) in [7, 11) is 1.76. The van der Waals surface area contributed by atoms with Gasteiger partial charge in [-0.25, -0.2) is 9.07 Å². The third kappa shape index (κ3) is 3.18. The molecule has 0 fully saturated rings. The predicted molar refractivity (Wildman–Crippen MR) is 95.2 cm³/mol. The normalized spacial score (nSPS) is 12.0. The van der Waals surface area contributed by atoms with Crippen molar-refractivity contribution < 1.29 is 9.18 Å². The molecule has 0 N–H and O–H groups in total. The largest absolute Gasteiger partial charge is 0.335 e. The molecule has 2 aromatic carbocycles. The highest BCUT2D eigenvalue weighted by Gasteiger charge is 2.23. The number of carbonyl (C=O) groups excluding carboxylic acids is 1. The van der Waals surface area contributed by atoms with E-state index >= 15 is 0 Å². The lowest BCUT2D eigenvalue weighted by atomic mass is 10.1. The Balaban J connectivity index is 1.90. The molecule has 3 aromatic rings. The van der Waals surface area contributed by atoms with Gasteiger partial charge in [-0.15, -0.1) is 0 Å². The minimum atomic E-state index is -0.376. The number of hydrogen-bond donors (Lipinski definition) is 0. The minimum Gasteiger partial charge on any atom is -0.335 e. The summed E-state index contributed by atoms with van der Waals surface area (Å²) in [5, 5.41) is 4.21. The molecule has 0 radical (unpaired) electrons. The Labute approximate surface area is 146 Å². The van der Waals surface area contributed by atoms with E-state index in [4.69, 9.17) is 0 Å². The van der Waals surface area contributed by atoms with Crippen LogP contribution in [0.5, 0.6) is 0 Å². The second-order valence-corrected chi connectivity index (χ2v) is 6.01. The van der Waals surface area contributed by atoms with E-state index in [9.17, 15) is 9.18 Å². The highest BCUT2D eigenvalue weighted by Crippen LogP contribution is 2.23. The van der Waals surface area contributed by atoms with E-state index in [1.54, 1.807) is 37.1 Å². The first kappa shape index (κ1) is 16.9. The van der Waals surface area contributed by atoms with E-state index in [-0.39, 0.29) is 17.8 Å². The van der Waals surface area contributed by atoms with Crippen LogP contribution in [0.25, 0.3) is 5.69 Å². The molecule has 1 aromatic heterocycles. The minimum absolute atomic E-state index is 0.0788.